The van der Waals surface area contributed by atoms with Crippen LogP contribution < -0.4 is 51.4 Å². The van der Waals surface area contributed by atoms with Gasteiger partial charge in [-0.3, -0.25) is 0 Å². The van der Waals surface area contributed by atoms with E-state index in [-0.39, 0.29) is 52.8 Å². The molecule has 0 radical (unpaired) electrons. The van der Waals surface area contributed by atoms with Crippen LogP contribution in [0.15, 0.2) is 18.2 Å². The van der Waals surface area contributed by atoms with Crippen molar-refractivity contribution in [1.29, 1.82) is 0 Å². The second kappa shape index (κ2) is 6.11. The summed E-state index contributed by atoms with van der Waals surface area (Å²) in [6.45, 7) is 0. The molecule has 0 spiro atoms. The largest absolute Gasteiger partial charge is 1.00 e. The zero-order chi connectivity index (χ0) is 11.6. The van der Waals surface area contributed by atoms with Gasteiger partial charge in [0.25, 0.3) is 0 Å². The van der Waals surface area contributed by atoms with Gasteiger partial charge in [0.1, 0.15) is 0 Å². The van der Waals surface area contributed by atoms with E-state index in [4.69, 9.17) is 15.3 Å². The third-order valence-corrected chi connectivity index (χ3v) is 1.74. The van der Waals surface area contributed by atoms with Gasteiger partial charge in [0.2, 0.25) is 0 Å². The van der Waals surface area contributed by atoms with Gasteiger partial charge in [-0.1, -0.05) is 6.07 Å². The number of carboxylic acids is 3. The van der Waals surface area contributed by atoms with Crippen LogP contribution in [0.2, 0.25) is 0 Å². The summed E-state index contributed by atoms with van der Waals surface area (Å²) in [6, 6.07) is 3.26. The van der Waals surface area contributed by atoms with Gasteiger partial charge in [0.05, 0.1) is 16.7 Å². The summed E-state index contributed by atoms with van der Waals surface area (Å²) >= 11 is 0. The van der Waals surface area contributed by atoms with E-state index < -0.39 is 34.6 Å². The fourth-order valence-electron chi connectivity index (χ4n) is 1.14. The van der Waals surface area contributed by atoms with Crippen molar-refractivity contribution in [3.63, 3.8) is 0 Å². The normalized spacial score (nSPS) is 9.00. The first-order chi connectivity index (χ1) is 6.95. The molecule has 1 rings (SSSR count). The first-order valence-electron chi connectivity index (χ1n) is 3.78. The summed E-state index contributed by atoms with van der Waals surface area (Å²) in [6.07, 6.45) is 0. The molecule has 0 unspecified atom stereocenters. The molecule has 0 aliphatic heterocycles. The predicted molar refractivity (Wildman–Crippen MR) is 48.4 cm³/mol. The van der Waals surface area contributed by atoms with Crippen molar-refractivity contribution in [3.8, 4) is 0 Å². The molecule has 0 fully saturated rings. The molecule has 0 aliphatic carbocycles. The standard InChI is InChI=1S/C9H6O6.K.H/c10-7(11)4-2-1-3-5(8(12)13)6(4)9(14)15;;/h1-3H,(H,10,11)(H,12,13)(H,14,15);;/q;+1;-1. The zero-order valence-corrected chi connectivity index (χ0v) is 11.4. The van der Waals surface area contributed by atoms with E-state index in [1.165, 1.54) is 6.07 Å². The minimum absolute atomic E-state index is 0. The Hall–Kier alpha value is -0.734. The van der Waals surface area contributed by atoms with E-state index >= 15 is 0 Å². The topological polar surface area (TPSA) is 112 Å². The van der Waals surface area contributed by atoms with Gasteiger partial charge in [-0.2, -0.15) is 0 Å². The van der Waals surface area contributed by atoms with Crippen molar-refractivity contribution in [3.05, 3.63) is 34.9 Å². The molecule has 1 aromatic rings. The van der Waals surface area contributed by atoms with Crippen LogP contribution in [0.5, 0.6) is 0 Å². The maximum atomic E-state index is 10.7. The molecule has 0 amide bonds. The van der Waals surface area contributed by atoms with Gasteiger partial charge in [0.15, 0.2) is 0 Å². The van der Waals surface area contributed by atoms with Crippen molar-refractivity contribution in [2.75, 3.05) is 0 Å². The Morgan fingerprint density at radius 3 is 1.50 bits per heavy atom. The molecule has 0 heterocycles. The second-order valence-electron chi connectivity index (χ2n) is 2.64. The van der Waals surface area contributed by atoms with Crippen molar-refractivity contribution in [1.82, 2.24) is 0 Å². The van der Waals surface area contributed by atoms with E-state index in [0.717, 1.165) is 12.1 Å². The SMILES string of the molecule is O=C(O)c1cccc(C(=O)O)c1C(=O)O.[H-].[K+]. The van der Waals surface area contributed by atoms with Crippen LogP contribution in [0.25, 0.3) is 0 Å². The predicted octanol–water partition coefficient (Wildman–Crippen LogP) is -2.10. The van der Waals surface area contributed by atoms with Gasteiger partial charge in [-0.15, -0.1) is 0 Å². The quantitative estimate of drug-likeness (QED) is 0.530. The molecule has 3 N–H and O–H groups in total. The third kappa shape index (κ3) is 3.13. The van der Waals surface area contributed by atoms with Crippen LogP contribution in [-0.2, 0) is 0 Å². The molecule has 16 heavy (non-hydrogen) atoms. The molecule has 0 aromatic heterocycles. The molecule has 1 aromatic carbocycles. The molecule has 0 saturated carbocycles. The number of hydrogen-bond acceptors (Lipinski definition) is 3. The van der Waals surface area contributed by atoms with Crippen LogP contribution in [-0.4, -0.2) is 33.2 Å². The first kappa shape index (κ1) is 15.3. The van der Waals surface area contributed by atoms with E-state index in [1.54, 1.807) is 0 Å². The van der Waals surface area contributed by atoms with Gasteiger partial charge in [0, 0.05) is 0 Å². The Labute approximate surface area is 134 Å². The van der Waals surface area contributed by atoms with Crippen LogP contribution in [0.3, 0.4) is 0 Å². The summed E-state index contributed by atoms with van der Waals surface area (Å²) in [7, 11) is 0. The fraction of sp³-hybridized carbons (Fsp3) is 0. The van der Waals surface area contributed by atoms with Gasteiger partial charge in [-0.25, -0.2) is 14.4 Å². The van der Waals surface area contributed by atoms with Crippen molar-refractivity contribution >= 4 is 17.9 Å². The molecule has 0 saturated heterocycles. The van der Waals surface area contributed by atoms with Crippen LogP contribution in [0, 0.1) is 0 Å². The van der Waals surface area contributed by atoms with E-state index in [0.29, 0.717) is 0 Å². The van der Waals surface area contributed by atoms with Gasteiger partial charge < -0.3 is 16.7 Å². The van der Waals surface area contributed by atoms with Gasteiger partial charge in [-0.05, 0) is 12.1 Å². The molecule has 0 aliphatic rings. The maximum Gasteiger partial charge on any atom is 1.00 e. The van der Waals surface area contributed by atoms with E-state index in [2.05, 4.69) is 0 Å². The summed E-state index contributed by atoms with van der Waals surface area (Å²) in [5, 5.41) is 26.0. The number of carbonyl (C=O) groups is 3. The molecular formula is C9H7KO6. The average molecular weight is 250 g/mol. The minimum atomic E-state index is -1.58. The molecule has 0 bridgehead atoms. The molecule has 6 nitrogen and oxygen atoms in total. The molecule has 7 heteroatoms. The van der Waals surface area contributed by atoms with Gasteiger partial charge >= 0.3 is 69.3 Å². The Bertz CT molecular complexity index is 427. The summed E-state index contributed by atoms with van der Waals surface area (Å²) in [5.74, 6) is -4.53. The second-order valence-corrected chi connectivity index (χ2v) is 2.64. The number of benzene rings is 1. The number of hydrogen-bond donors (Lipinski definition) is 3. The summed E-state index contributed by atoms with van der Waals surface area (Å²) in [5.41, 5.74) is -1.79. The monoisotopic (exact) mass is 250 g/mol. The smallest absolute Gasteiger partial charge is 1.00 e. The Morgan fingerprint density at radius 1 is 0.875 bits per heavy atom. The number of carboxylic acid groups (broad SMARTS) is 3. The molecular weight excluding hydrogens is 243 g/mol. The zero-order valence-electron chi connectivity index (χ0n) is 9.30. The average Bonchev–Trinajstić information content (AvgIpc) is 2.16. The van der Waals surface area contributed by atoms with Crippen LogP contribution in [0.1, 0.15) is 32.5 Å². The van der Waals surface area contributed by atoms with Crippen molar-refractivity contribution in [2.45, 2.75) is 0 Å². The van der Waals surface area contributed by atoms with Crippen LogP contribution >= 0.6 is 0 Å². The number of rotatable bonds is 3. The van der Waals surface area contributed by atoms with Crippen molar-refractivity contribution < 1.29 is 82.5 Å². The maximum absolute atomic E-state index is 10.7. The number of aromatic carboxylic acids is 3. The first-order valence-corrected chi connectivity index (χ1v) is 3.78. The van der Waals surface area contributed by atoms with Crippen molar-refractivity contribution in [2.24, 2.45) is 0 Å². The van der Waals surface area contributed by atoms with Crippen LogP contribution in [0.4, 0.5) is 0 Å². The molecule has 0 atom stereocenters. The Morgan fingerprint density at radius 2 is 1.25 bits per heavy atom. The molecule has 80 valence electrons. The summed E-state index contributed by atoms with van der Waals surface area (Å²) in [4.78, 5) is 32.0. The minimum Gasteiger partial charge on any atom is -1.00 e. The third-order valence-electron chi connectivity index (χ3n) is 1.74. The van der Waals surface area contributed by atoms with E-state index in [1.807, 2.05) is 0 Å². The summed E-state index contributed by atoms with van der Waals surface area (Å²) < 4.78 is 0. The Balaban J connectivity index is 0. The Kier molecular flexibility index (Phi) is 5.83. The van der Waals surface area contributed by atoms with E-state index in [9.17, 15) is 14.4 Å². The fourth-order valence-corrected chi connectivity index (χ4v) is 1.14.